The van der Waals surface area contributed by atoms with E-state index in [1.54, 1.807) is 6.07 Å². The molecule has 0 bridgehead atoms. The number of nitrogen functional groups attached to an aromatic ring is 1. The van der Waals surface area contributed by atoms with E-state index in [2.05, 4.69) is 15.3 Å². The van der Waals surface area contributed by atoms with Crippen molar-refractivity contribution in [3.63, 3.8) is 0 Å². The predicted octanol–water partition coefficient (Wildman–Crippen LogP) is 4.57. The van der Waals surface area contributed by atoms with Crippen LogP contribution in [-0.2, 0) is 0 Å². The van der Waals surface area contributed by atoms with Crippen molar-refractivity contribution >= 4 is 51.6 Å². The number of hydrogen-bond acceptors (Lipinski definition) is 4. The molecule has 0 spiro atoms. The number of nitrogens with one attached hydrogen (secondary N) is 1. The van der Waals surface area contributed by atoms with Gasteiger partial charge >= 0.3 is 0 Å². The summed E-state index contributed by atoms with van der Waals surface area (Å²) >= 11 is 12.5. The van der Waals surface area contributed by atoms with E-state index in [4.69, 9.17) is 28.9 Å². The molecule has 0 unspecified atom stereocenters. The van der Waals surface area contributed by atoms with Crippen LogP contribution in [0.15, 0.2) is 36.4 Å². The van der Waals surface area contributed by atoms with Gasteiger partial charge in [0.05, 0.1) is 26.8 Å². The van der Waals surface area contributed by atoms with E-state index < -0.39 is 0 Å². The third-order valence-corrected chi connectivity index (χ3v) is 3.93. The number of aryl methyl sites for hydroxylation is 1. The second-order valence-electron chi connectivity index (χ2n) is 4.62. The first-order valence-electron chi connectivity index (χ1n) is 6.30. The van der Waals surface area contributed by atoms with E-state index in [0.29, 0.717) is 27.4 Å². The van der Waals surface area contributed by atoms with Crippen molar-refractivity contribution in [2.45, 2.75) is 6.92 Å². The standard InChI is InChI=1S/C15H12Cl2N4/c1-8-6-7-9(16)13(12(8)17)21-15-14(18)19-10-4-2-3-5-11(10)20-15/h2-7H,1H3,(H2,18,19)(H,20,21). The van der Waals surface area contributed by atoms with Crippen molar-refractivity contribution in [1.82, 2.24) is 9.97 Å². The molecule has 3 N–H and O–H groups in total. The quantitative estimate of drug-likeness (QED) is 0.726. The molecule has 0 fully saturated rings. The summed E-state index contributed by atoms with van der Waals surface area (Å²) in [5, 5.41) is 4.12. The highest BCUT2D eigenvalue weighted by Crippen LogP contribution is 2.35. The summed E-state index contributed by atoms with van der Waals surface area (Å²) in [7, 11) is 0. The molecule has 0 aliphatic rings. The SMILES string of the molecule is Cc1ccc(Cl)c(Nc2nc3ccccc3nc2N)c1Cl. The van der Waals surface area contributed by atoms with Gasteiger partial charge in [-0.3, -0.25) is 0 Å². The molecule has 2 aromatic carbocycles. The van der Waals surface area contributed by atoms with Crippen LogP contribution in [0.2, 0.25) is 10.0 Å². The lowest BCUT2D eigenvalue weighted by atomic mass is 10.2. The number of nitrogens with two attached hydrogens (primary N) is 1. The van der Waals surface area contributed by atoms with Gasteiger partial charge in [0.25, 0.3) is 0 Å². The van der Waals surface area contributed by atoms with E-state index >= 15 is 0 Å². The minimum atomic E-state index is 0.294. The Morgan fingerprint density at radius 3 is 2.38 bits per heavy atom. The van der Waals surface area contributed by atoms with Crippen LogP contribution in [0, 0.1) is 6.92 Å². The lowest BCUT2D eigenvalue weighted by Crippen LogP contribution is -2.03. The van der Waals surface area contributed by atoms with E-state index in [1.165, 1.54) is 0 Å². The molecule has 3 aromatic rings. The smallest absolute Gasteiger partial charge is 0.174 e. The zero-order chi connectivity index (χ0) is 15.0. The molecular weight excluding hydrogens is 307 g/mol. The van der Waals surface area contributed by atoms with Crippen LogP contribution in [-0.4, -0.2) is 9.97 Å². The summed E-state index contributed by atoms with van der Waals surface area (Å²) in [6.07, 6.45) is 0. The summed E-state index contributed by atoms with van der Waals surface area (Å²) in [6, 6.07) is 11.1. The molecule has 0 radical (unpaired) electrons. The number of benzene rings is 2. The topological polar surface area (TPSA) is 63.8 Å². The van der Waals surface area contributed by atoms with E-state index in [-0.39, 0.29) is 0 Å². The Morgan fingerprint density at radius 1 is 1.00 bits per heavy atom. The number of nitrogens with zero attached hydrogens (tertiary/aromatic N) is 2. The molecule has 6 heteroatoms. The Morgan fingerprint density at radius 2 is 1.67 bits per heavy atom. The molecule has 1 heterocycles. The Kier molecular flexibility index (Phi) is 3.57. The molecule has 0 aliphatic carbocycles. The van der Waals surface area contributed by atoms with Crippen LogP contribution in [0.25, 0.3) is 11.0 Å². The molecule has 0 aliphatic heterocycles. The van der Waals surface area contributed by atoms with Crippen LogP contribution in [0.5, 0.6) is 0 Å². The van der Waals surface area contributed by atoms with E-state index in [9.17, 15) is 0 Å². The Bertz CT molecular complexity index is 833. The van der Waals surface area contributed by atoms with E-state index in [0.717, 1.165) is 16.6 Å². The number of aromatic nitrogens is 2. The number of rotatable bonds is 2. The lowest BCUT2D eigenvalue weighted by molar-refractivity contribution is 1.28. The fraction of sp³-hybridized carbons (Fsp3) is 0.0667. The van der Waals surface area contributed by atoms with Crippen molar-refractivity contribution < 1.29 is 0 Å². The van der Waals surface area contributed by atoms with Crippen LogP contribution < -0.4 is 11.1 Å². The Hall–Kier alpha value is -2.04. The number of fused-ring (bicyclic) bond motifs is 1. The highest BCUT2D eigenvalue weighted by Gasteiger charge is 2.12. The maximum absolute atomic E-state index is 6.28. The molecule has 3 rings (SSSR count). The van der Waals surface area contributed by atoms with Crippen molar-refractivity contribution in [2.75, 3.05) is 11.1 Å². The largest absolute Gasteiger partial charge is 0.381 e. The predicted molar refractivity (Wildman–Crippen MR) is 88.4 cm³/mol. The second kappa shape index (κ2) is 5.39. The first kappa shape index (κ1) is 13.9. The normalized spacial score (nSPS) is 10.8. The third-order valence-electron chi connectivity index (χ3n) is 3.13. The minimum absolute atomic E-state index is 0.294. The van der Waals surface area contributed by atoms with Gasteiger partial charge < -0.3 is 11.1 Å². The molecule has 0 amide bonds. The maximum Gasteiger partial charge on any atom is 0.174 e. The van der Waals surface area contributed by atoms with Gasteiger partial charge in [-0.1, -0.05) is 41.4 Å². The highest BCUT2D eigenvalue weighted by molar-refractivity contribution is 6.39. The van der Waals surface area contributed by atoms with Gasteiger partial charge in [0.1, 0.15) is 0 Å². The van der Waals surface area contributed by atoms with E-state index in [1.807, 2.05) is 37.3 Å². The Balaban J connectivity index is 2.10. The number of halogens is 2. The zero-order valence-electron chi connectivity index (χ0n) is 11.2. The van der Waals surface area contributed by atoms with Crippen molar-refractivity contribution in [2.24, 2.45) is 0 Å². The summed E-state index contributed by atoms with van der Waals surface area (Å²) in [6.45, 7) is 1.90. The van der Waals surface area contributed by atoms with Gasteiger partial charge in [-0.2, -0.15) is 0 Å². The van der Waals surface area contributed by atoms with Gasteiger partial charge in [0.15, 0.2) is 11.6 Å². The maximum atomic E-state index is 6.28. The first-order chi connectivity index (χ1) is 10.1. The fourth-order valence-electron chi connectivity index (χ4n) is 2.00. The van der Waals surface area contributed by atoms with Crippen molar-refractivity contribution in [3.8, 4) is 0 Å². The third kappa shape index (κ3) is 2.60. The molecule has 0 atom stereocenters. The molecule has 1 aromatic heterocycles. The van der Waals surface area contributed by atoms with Crippen LogP contribution in [0.3, 0.4) is 0 Å². The summed E-state index contributed by atoms with van der Waals surface area (Å²) in [5.41, 5.74) is 8.92. The van der Waals surface area contributed by atoms with Gasteiger partial charge in [0.2, 0.25) is 0 Å². The highest BCUT2D eigenvalue weighted by atomic mass is 35.5. The average Bonchev–Trinajstić information content (AvgIpc) is 2.48. The number of anilines is 3. The second-order valence-corrected chi connectivity index (χ2v) is 5.41. The molecule has 0 saturated heterocycles. The summed E-state index contributed by atoms with van der Waals surface area (Å²) in [5.74, 6) is 0.727. The van der Waals surface area contributed by atoms with Crippen molar-refractivity contribution in [1.29, 1.82) is 0 Å². The van der Waals surface area contributed by atoms with Gasteiger partial charge in [-0.05, 0) is 30.7 Å². The van der Waals surface area contributed by atoms with Crippen LogP contribution in [0.4, 0.5) is 17.3 Å². The zero-order valence-corrected chi connectivity index (χ0v) is 12.7. The van der Waals surface area contributed by atoms with Crippen molar-refractivity contribution in [3.05, 3.63) is 52.0 Å². The van der Waals surface area contributed by atoms with Gasteiger partial charge in [-0.15, -0.1) is 0 Å². The number of hydrogen-bond donors (Lipinski definition) is 2. The molecule has 4 nitrogen and oxygen atoms in total. The van der Waals surface area contributed by atoms with Gasteiger partial charge in [0, 0.05) is 0 Å². The average molecular weight is 319 g/mol. The molecular formula is C15H12Cl2N4. The van der Waals surface area contributed by atoms with Crippen LogP contribution >= 0.6 is 23.2 Å². The summed E-state index contributed by atoms with van der Waals surface area (Å²) in [4.78, 5) is 8.79. The molecule has 21 heavy (non-hydrogen) atoms. The molecule has 0 saturated carbocycles. The van der Waals surface area contributed by atoms with Gasteiger partial charge in [-0.25, -0.2) is 9.97 Å². The Labute approximate surface area is 131 Å². The monoisotopic (exact) mass is 318 g/mol. The summed E-state index contributed by atoms with van der Waals surface area (Å²) < 4.78 is 0. The first-order valence-corrected chi connectivity index (χ1v) is 7.06. The lowest BCUT2D eigenvalue weighted by Gasteiger charge is -2.13. The number of para-hydroxylation sites is 2. The fourth-order valence-corrected chi connectivity index (χ4v) is 2.46. The minimum Gasteiger partial charge on any atom is -0.381 e. The molecule has 106 valence electrons. The van der Waals surface area contributed by atoms with Crippen LogP contribution in [0.1, 0.15) is 5.56 Å².